The molecule has 0 fully saturated rings. The number of nitrogens with zero attached hydrogens (tertiary/aromatic N) is 1. The third-order valence-electron chi connectivity index (χ3n) is 4.46. The molecule has 1 N–H and O–H groups in total. The van der Waals surface area contributed by atoms with Gasteiger partial charge in [-0.3, -0.25) is 4.98 Å². The fourth-order valence-electron chi connectivity index (χ4n) is 3.25. The smallest absolute Gasteiger partial charge is 0.203 e. The Morgan fingerprint density at radius 1 is 0.862 bits per heavy atom. The second-order valence-electron chi connectivity index (χ2n) is 6.18. The van der Waals surface area contributed by atoms with E-state index in [4.69, 9.17) is 18.9 Å². The molecular weight excluding hydrogens is 394 g/mol. The number of phenolic OH excluding ortho intramolecular Hbond substituents is 1. The number of hydrogen-bond acceptors (Lipinski definition) is 6. The van der Waals surface area contributed by atoms with E-state index in [0.29, 0.717) is 48.0 Å². The SMILES string of the molecule is CCOc1cc(Cc2cncc3c(O)c(OCC)ccc23)cc(OC)c1OC.Cl. The molecule has 0 saturated heterocycles. The lowest BCUT2D eigenvalue weighted by molar-refractivity contribution is 0.296. The lowest BCUT2D eigenvalue weighted by Gasteiger charge is -2.16. The minimum absolute atomic E-state index is 0. The van der Waals surface area contributed by atoms with Crippen LogP contribution in [-0.2, 0) is 6.42 Å². The molecule has 1 aromatic heterocycles. The van der Waals surface area contributed by atoms with Crippen LogP contribution >= 0.6 is 12.4 Å². The fourth-order valence-corrected chi connectivity index (χ4v) is 3.25. The van der Waals surface area contributed by atoms with Crippen molar-refractivity contribution >= 4 is 23.2 Å². The van der Waals surface area contributed by atoms with Crippen LogP contribution in [0.5, 0.6) is 28.7 Å². The Morgan fingerprint density at radius 3 is 2.21 bits per heavy atom. The lowest BCUT2D eigenvalue weighted by Crippen LogP contribution is -2.00. The van der Waals surface area contributed by atoms with Crippen LogP contribution in [0.2, 0.25) is 0 Å². The van der Waals surface area contributed by atoms with Crippen molar-refractivity contribution in [3.8, 4) is 28.7 Å². The van der Waals surface area contributed by atoms with Crippen LogP contribution in [0.4, 0.5) is 0 Å². The van der Waals surface area contributed by atoms with E-state index in [2.05, 4.69) is 4.98 Å². The Kier molecular flexibility index (Phi) is 7.79. The number of fused-ring (bicyclic) bond motifs is 1. The standard InChI is InChI=1S/C22H25NO5.ClH/c1-5-27-18-8-7-16-15(12-23-13-17(16)21(18)24)9-14-10-19(25-3)22(26-4)20(11-14)28-6-2;/h7-8,10-13,24H,5-6,9H2,1-4H3;1H. The zero-order valence-electron chi connectivity index (χ0n) is 17.0. The normalized spacial score (nSPS) is 10.3. The summed E-state index contributed by atoms with van der Waals surface area (Å²) in [4.78, 5) is 4.30. The predicted octanol–water partition coefficient (Wildman–Crippen LogP) is 4.77. The number of halogens is 1. The summed E-state index contributed by atoms with van der Waals surface area (Å²) in [5, 5.41) is 12.1. The predicted molar refractivity (Wildman–Crippen MR) is 115 cm³/mol. The number of methoxy groups -OCH3 is 2. The number of benzene rings is 2. The summed E-state index contributed by atoms with van der Waals surface area (Å²) in [7, 11) is 3.19. The Bertz CT molecular complexity index is 977. The Balaban J connectivity index is 0.00000300. The van der Waals surface area contributed by atoms with Crippen LogP contribution in [0.25, 0.3) is 10.8 Å². The van der Waals surface area contributed by atoms with Crippen LogP contribution in [0.1, 0.15) is 25.0 Å². The van der Waals surface area contributed by atoms with Crippen LogP contribution < -0.4 is 18.9 Å². The van der Waals surface area contributed by atoms with Crippen molar-refractivity contribution in [2.75, 3.05) is 27.4 Å². The van der Waals surface area contributed by atoms with E-state index in [-0.39, 0.29) is 18.2 Å². The fraction of sp³-hybridized carbons (Fsp3) is 0.318. The second kappa shape index (κ2) is 10.1. The van der Waals surface area contributed by atoms with Gasteiger partial charge in [-0.15, -0.1) is 12.4 Å². The topological polar surface area (TPSA) is 70.0 Å². The van der Waals surface area contributed by atoms with E-state index in [0.717, 1.165) is 16.5 Å². The Morgan fingerprint density at radius 2 is 1.55 bits per heavy atom. The molecule has 1 heterocycles. The molecule has 0 saturated carbocycles. The van der Waals surface area contributed by atoms with Crippen molar-refractivity contribution in [1.82, 2.24) is 4.98 Å². The minimum atomic E-state index is 0. The van der Waals surface area contributed by atoms with Gasteiger partial charge in [-0.2, -0.15) is 0 Å². The third-order valence-corrected chi connectivity index (χ3v) is 4.46. The number of phenols is 1. The maximum atomic E-state index is 10.5. The van der Waals surface area contributed by atoms with Gasteiger partial charge in [0.1, 0.15) is 0 Å². The summed E-state index contributed by atoms with van der Waals surface area (Å²) in [6.45, 7) is 4.81. The van der Waals surface area contributed by atoms with E-state index in [1.54, 1.807) is 32.7 Å². The maximum Gasteiger partial charge on any atom is 0.203 e. The summed E-state index contributed by atoms with van der Waals surface area (Å²) in [5.41, 5.74) is 1.97. The highest BCUT2D eigenvalue weighted by Gasteiger charge is 2.16. The van der Waals surface area contributed by atoms with Crippen molar-refractivity contribution in [3.05, 3.63) is 47.8 Å². The third kappa shape index (κ3) is 4.59. The van der Waals surface area contributed by atoms with Crippen molar-refractivity contribution in [2.24, 2.45) is 0 Å². The number of aromatic hydroxyl groups is 1. The van der Waals surface area contributed by atoms with Crippen molar-refractivity contribution < 1.29 is 24.1 Å². The molecule has 0 bridgehead atoms. The molecule has 3 rings (SSSR count). The van der Waals surface area contributed by atoms with Crippen molar-refractivity contribution in [2.45, 2.75) is 20.3 Å². The number of pyridine rings is 1. The first kappa shape index (κ1) is 22.4. The van der Waals surface area contributed by atoms with Gasteiger partial charge in [0.25, 0.3) is 0 Å². The number of rotatable bonds is 8. The summed E-state index contributed by atoms with van der Waals surface area (Å²) >= 11 is 0. The number of hydrogen-bond donors (Lipinski definition) is 1. The van der Waals surface area contributed by atoms with Crippen LogP contribution in [-0.4, -0.2) is 37.5 Å². The molecule has 0 amide bonds. The summed E-state index contributed by atoms with van der Waals surface area (Å²) in [6, 6.07) is 7.60. The van der Waals surface area contributed by atoms with Crippen molar-refractivity contribution in [1.29, 1.82) is 0 Å². The highest BCUT2D eigenvalue weighted by molar-refractivity contribution is 5.92. The molecule has 7 heteroatoms. The molecule has 0 aliphatic rings. The molecule has 3 aromatic rings. The minimum Gasteiger partial charge on any atom is -0.504 e. The molecule has 156 valence electrons. The van der Waals surface area contributed by atoms with Gasteiger partial charge in [-0.25, -0.2) is 0 Å². The molecule has 0 aliphatic carbocycles. The largest absolute Gasteiger partial charge is 0.504 e. The molecule has 0 aliphatic heterocycles. The van der Waals surface area contributed by atoms with Gasteiger partial charge in [0.05, 0.1) is 27.4 Å². The molecule has 0 radical (unpaired) electrons. The first-order valence-corrected chi connectivity index (χ1v) is 9.21. The highest BCUT2D eigenvalue weighted by atomic mass is 35.5. The van der Waals surface area contributed by atoms with Crippen LogP contribution in [0.15, 0.2) is 36.7 Å². The zero-order valence-corrected chi connectivity index (χ0v) is 17.8. The van der Waals surface area contributed by atoms with Crippen LogP contribution in [0.3, 0.4) is 0 Å². The van der Waals surface area contributed by atoms with Crippen LogP contribution in [0, 0.1) is 0 Å². The zero-order chi connectivity index (χ0) is 20.1. The van der Waals surface area contributed by atoms with Crippen molar-refractivity contribution in [3.63, 3.8) is 0 Å². The molecule has 0 unspecified atom stereocenters. The van der Waals surface area contributed by atoms with Gasteiger partial charge in [0.15, 0.2) is 23.0 Å². The van der Waals surface area contributed by atoms with E-state index < -0.39 is 0 Å². The first-order valence-electron chi connectivity index (χ1n) is 9.21. The van der Waals surface area contributed by atoms with Gasteiger partial charge in [0, 0.05) is 17.8 Å². The second-order valence-corrected chi connectivity index (χ2v) is 6.18. The highest BCUT2D eigenvalue weighted by Crippen LogP contribution is 2.40. The summed E-state index contributed by atoms with van der Waals surface area (Å²) in [5.74, 6) is 2.38. The molecule has 0 spiro atoms. The van der Waals surface area contributed by atoms with E-state index >= 15 is 0 Å². The van der Waals surface area contributed by atoms with Gasteiger partial charge in [-0.1, -0.05) is 6.07 Å². The van der Waals surface area contributed by atoms with E-state index in [1.807, 2.05) is 32.0 Å². The van der Waals surface area contributed by atoms with Gasteiger partial charge in [0.2, 0.25) is 5.75 Å². The van der Waals surface area contributed by atoms with E-state index in [9.17, 15) is 5.11 Å². The summed E-state index contributed by atoms with van der Waals surface area (Å²) in [6.07, 6.45) is 4.05. The maximum absolute atomic E-state index is 10.5. The molecule has 0 atom stereocenters. The Labute approximate surface area is 176 Å². The lowest BCUT2D eigenvalue weighted by atomic mass is 9.99. The van der Waals surface area contributed by atoms with Gasteiger partial charge in [-0.05, 0) is 55.0 Å². The van der Waals surface area contributed by atoms with Gasteiger partial charge < -0.3 is 24.1 Å². The average molecular weight is 420 g/mol. The molecule has 2 aromatic carbocycles. The summed E-state index contributed by atoms with van der Waals surface area (Å²) < 4.78 is 22.1. The quantitative estimate of drug-likeness (QED) is 0.567. The monoisotopic (exact) mass is 419 g/mol. The molecular formula is C22H26ClNO5. The molecule has 29 heavy (non-hydrogen) atoms. The number of aromatic nitrogens is 1. The average Bonchev–Trinajstić information content (AvgIpc) is 2.70. The number of ether oxygens (including phenoxy) is 4. The first-order chi connectivity index (χ1) is 13.6. The van der Waals surface area contributed by atoms with Gasteiger partial charge >= 0.3 is 0 Å². The van der Waals surface area contributed by atoms with E-state index in [1.165, 1.54) is 0 Å². The Hall–Kier alpha value is -2.86. The molecule has 6 nitrogen and oxygen atoms in total.